The maximum atomic E-state index is 13.3. The summed E-state index contributed by atoms with van der Waals surface area (Å²) in [6.07, 6.45) is 1.38. The van der Waals surface area contributed by atoms with Gasteiger partial charge in [-0.15, -0.1) is 0 Å². The fourth-order valence-electron chi connectivity index (χ4n) is 4.52. The molecule has 0 atom stereocenters. The predicted molar refractivity (Wildman–Crippen MR) is 153 cm³/mol. The van der Waals surface area contributed by atoms with Gasteiger partial charge in [0.2, 0.25) is 5.78 Å². The Morgan fingerprint density at radius 1 is 0.632 bits per heavy atom. The van der Waals surface area contributed by atoms with Crippen molar-refractivity contribution in [2.24, 2.45) is 0 Å². The smallest absolute Gasteiger partial charge is 0.210 e. The first-order valence-electron chi connectivity index (χ1n) is 12.0. The van der Waals surface area contributed by atoms with Crippen molar-refractivity contribution in [1.29, 1.82) is 0 Å². The van der Waals surface area contributed by atoms with E-state index >= 15 is 0 Å². The molecule has 0 aromatic heterocycles. The molecule has 38 heavy (non-hydrogen) atoms. The molecule has 0 saturated carbocycles. The molecule has 4 aromatic carbocycles. The van der Waals surface area contributed by atoms with Crippen LogP contribution in [0, 0.1) is 0 Å². The van der Waals surface area contributed by atoms with Crippen LogP contribution < -0.4 is 35.4 Å². The molecule has 1 aliphatic carbocycles. The molecular weight excluding hydrogens is 497 g/mol. The molecule has 5 rings (SSSR count). The van der Waals surface area contributed by atoms with Gasteiger partial charge < -0.3 is 19.5 Å². The van der Waals surface area contributed by atoms with Crippen LogP contribution in [0.4, 0.5) is 5.69 Å². The number of benzene rings is 4. The highest BCUT2D eigenvalue weighted by molar-refractivity contribution is 7.80. The summed E-state index contributed by atoms with van der Waals surface area (Å²) < 4.78 is 16.3. The first-order valence-corrected chi connectivity index (χ1v) is 13.5. The second kappa shape index (κ2) is 10.9. The van der Waals surface area contributed by atoms with Gasteiger partial charge in [-0.1, -0.05) is 24.3 Å². The van der Waals surface area contributed by atoms with Gasteiger partial charge in [-0.2, -0.15) is 0 Å². The minimum atomic E-state index is -1.57. The molecule has 0 fully saturated rings. The van der Waals surface area contributed by atoms with Gasteiger partial charge in [0.05, 0.1) is 32.7 Å². The monoisotopic (exact) mass is 524 g/mol. The van der Waals surface area contributed by atoms with E-state index < -0.39 is 7.92 Å². The number of carbonyl (C=O) groups is 2. The average Bonchev–Trinajstić information content (AvgIpc) is 2.97. The van der Waals surface area contributed by atoms with E-state index in [1.54, 1.807) is 45.6 Å². The number of hydrogen-bond donors (Lipinski definition) is 1. The Balaban J connectivity index is 1.63. The van der Waals surface area contributed by atoms with Crippen molar-refractivity contribution < 1.29 is 23.8 Å². The van der Waals surface area contributed by atoms with E-state index in [0.29, 0.717) is 22.6 Å². The third-order valence-electron chi connectivity index (χ3n) is 6.48. The normalized spacial score (nSPS) is 12.6. The van der Waals surface area contributed by atoms with Crippen LogP contribution in [0.2, 0.25) is 0 Å². The zero-order valence-electron chi connectivity index (χ0n) is 21.3. The third-order valence-corrected chi connectivity index (χ3v) is 9.28. The highest BCUT2D eigenvalue weighted by Crippen LogP contribution is 2.38. The topological polar surface area (TPSA) is 73.9 Å². The molecule has 0 heterocycles. The van der Waals surface area contributed by atoms with Gasteiger partial charge in [0.25, 0.3) is 0 Å². The van der Waals surface area contributed by atoms with Crippen LogP contribution in [-0.4, -0.2) is 32.9 Å². The molecule has 190 valence electrons. The lowest BCUT2D eigenvalue weighted by Crippen LogP contribution is -2.26. The van der Waals surface area contributed by atoms with Crippen molar-refractivity contribution in [2.45, 2.75) is 0 Å². The number of allylic oxidation sites excluding steroid dienone is 2. The number of rotatable bonds is 8. The molecule has 0 radical (unpaired) electrons. The van der Waals surface area contributed by atoms with Crippen LogP contribution in [0.3, 0.4) is 0 Å². The summed E-state index contributed by atoms with van der Waals surface area (Å²) in [7, 11) is 3.31. The minimum Gasteiger partial charge on any atom is -0.497 e. The summed E-state index contributed by atoms with van der Waals surface area (Å²) in [6, 6.07) is 28.7. The standard InChI is InChI=1S/C31H26NO5P/c1-35-20-8-13-23(14-9-20)38(24-15-10-21(36-2)11-16-24)30-17-12-22(37-3)18-27(30)32-28-19-29(33)25-6-4-5-7-26(25)31(28)34/h4-19,32H,1-3H3/p+1. The van der Waals surface area contributed by atoms with Crippen molar-refractivity contribution in [2.75, 3.05) is 26.6 Å². The summed E-state index contributed by atoms with van der Waals surface area (Å²) >= 11 is 0. The fourth-order valence-corrected chi connectivity index (χ4v) is 7.13. The Morgan fingerprint density at radius 3 is 1.71 bits per heavy atom. The lowest BCUT2D eigenvalue weighted by atomic mass is 9.92. The molecule has 7 heteroatoms. The summed E-state index contributed by atoms with van der Waals surface area (Å²) in [5, 5.41) is 6.55. The first-order chi connectivity index (χ1) is 18.5. The second-order valence-electron chi connectivity index (χ2n) is 8.67. The number of fused-ring (bicyclic) bond motifs is 1. The van der Waals surface area contributed by atoms with Crippen molar-refractivity contribution in [3.05, 3.63) is 114 Å². The van der Waals surface area contributed by atoms with Gasteiger partial charge >= 0.3 is 0 Å². The van der Waals surface area contributed by atoms with E-state index in [1.807, 2.05) is 42.5 Å². The summed E-state index contributed by atoms with van der Waals surface area (Å²) in [5.41, 5.74) is 1.74. The van der Waals surface area contributed by atoms with Gasteiger partial charge in [-0.25, -0.2) is 0 Å². The summed E-state index contributed by atoms with van der Waals surface area (Å²) in [4.78, 5) is 26.2. The Bertz CT molecular complexity index is 1480. The molecule has 0 aliphatic heterocycles. The van der Waals surface area contributed by atoms with Crippen molar-refractivity contribution in [3.63, 3.8) is 0 Å². The predicted octanol–water partition coefficient (Wildman–Crippen LogP) is 4.58. The maximum Gasteiger partial charge on any atom is 0.210 e. The number of anilines is 1. The van der Waals surface area contributed by atoms with E-state index in [1.165, 1.54) is 6.08 Å². The zero-order chi connectivity index (χ0) is 26.6. The number of carbonyl (C=O) groups excluding carboxylic acids is 2. The van der Waals surface area contributed by atoms with E-state index in [2.05, 4.69) is 29.6 Å². The minimum absolute atomic E-state index is 0.206. The van der Waals surface area contributed by atoms with E-state index in [0.717, 1.165) is 27.4 Å². The maximum absolute atomic E-state index is 13.3. The van der Waals surface area contributed by atoms with E-state index in [9.17, 15) is 9.59 Å². The summed E-state index contributed by atoms with van der Waals surface area (Å²) in [5.74, 6) is 1.75. The molecule has 1 aliphatic rings. The van der Waals surface area contributed by atoms with Crippen molar-refractivity contribution in [1.82, 2.24) is 0 Å². The van der Waals surface area contributed by atoms with Crippen LogP contribution in [-0.2, 0) is 0 Å². The van der Waals surface area contributed by atoms with Gasteiger partial charge in [0.1, 0.15) is 41.1 Å². The molecule has 4 aromatic rings. The van der Waals surface area contributed by atoms with Crippen LogP contribution >= 0.6 is 7.92 Å². The first kappa shape index (κ1) is 25.2. The quantitative estimate of drug-likeness (QED) is 0.340. The van der Waals surface area contributed by atoms with Crippen LogP contribution in [0.15, 0.2) is 103 Å². The highest BCUT2D eigenvalue weighted by Gasteiger charge is 2.31. The van der Waals surface area contributed by atoms with Gasteiger partial charge in [-0.05, 0) is 60.7 Å². The number of ether oxygens (including phenoxy) is 3. The number of Topliss-reactive ketones (excluding diaryl/α,β-unsaturated/α-hetero) is 1. The molecule has 0 spiro atoms. The molecule has 0 bridgehead atoms. The zero-order valence-corrected chi connectivity index (χ0v) is 22.3. The van der Waals surface area contributed by atoms with E-state index in [-0.39, 0.29) is 17.3 Å². The number of hydrogen-bond acceptors (Lipinski definition) is 6. The Labute approximate surface area is 222 Å². The molecule has 1 N–H and O–H groups in total. The van der Waals surface area contributed by atoms with Gasteiger partial charge in [0, 0.05) is 23.3 Å². The van der Waals surface area contributed by atoms with Crippen LogP contribution in [0.1, 0.15) is 20.7 Å². The van der Waals surface area contributed by atoms with Crippen molar-refractivity contribution in [3.8, 4) is 17.2 Å². The average molecular weight is 525 g/mol. The Kier molecular flexibility index (Phi) is 7.25. The fraction of sp³-hybridized carbons (Fsp3) is 0.0968. The number of nitrogens with one attached hydrogen (secondary N) is 1. The third kappa shape index (κ3) is 4.91. The Hall–Kier alpha value is -4.41. The SMILES string of the molecule is COc1ccc([PH+](c2ccc(OC)cc2)c2ccc(OC)cc2NC2=CC(=O)c3ccccc3C2=O)cc1. The number of methoxy groups -OCH3 is 3. The number of ketones is 2. The molecule has 0 saturated heterocycles. The molecular formula is C31H27NO5P+. The van der Waals surface area contributed by atoms with Crippen LogP contribution in [0.5, 0.6) is 17.2 Å². The largest absolute Gasteiger partial charge is 0.497 e. The van der Waals surface area contributed by atoms with E-state index in [4.69, 9.17) is 14.2 Å². The second-order valence-corrected chi connectivity index (χ2v) is 11.1. The lowest BCUT2D eigenvalue weighted by molar-refractivity contribution is 0.0985. The molecule has 0 amide bonds. The van der Waals surface area contributed by atoms with Crippen LogP contribution in [0.25, 0.3) is 0 Å². The van der Waals surface area contributed by atoms with Gasteiger partial charge in [0.15, 0.2) is 5.78 Å². The molecule has 0 unspecified atom stereocenters. The lowest BCUT2D eigenvalue weighted by Gasteiger charge is -2.20. The Morgan fingerprint density at radius 2 is 1.16 bits per heavy atom. The molecule has 6 nitrogen and oxygen atoms in total. The van der Waals surface area contributed by atoms with Crippen molar-refractivity contribution >= 4 is 41.1 Å². The van der Waals surface area contributed by atoms with Gasteiger partial charge in [-0.3, -0.25) is 9.59 Å². The highest BCUT2D eigenvalue weighted by atomic mass is 31.1. The summed E-state index contributed by atoms with van der Waals surface area (Å²) in [6.45, 7) is 0.